The van der Waals surface area contributed by atoms with Gasteiger partial charge in [-0.1, -0.05) is 0 Å². The van der Waals surface area contributed by atoms with Gasteiger partial charge in [0, 0.05) is 6.08 Å². The van der Waals surface area contributed by atoms with Gasteiger partial charge in [-0.2, -0.15) is 22.0 Å². The average molecular weight is 232 g/mol. The molecule has 2 nitrogen and oxygen atoms in total. The van der Waals surface area contributed by atoms with E-state index in [1.54, 1.807) is 0 Å². The van der Waals surface area contributed by atoms with E-state index in [4.69, 9.17) is 0 Å². The first-order chi connectivity index (χ1) is 6.66. The van der Waals surface area contributed by atoms with Crippen molar-refractivity contribution in [2.24, 2.45) is 0 Å². The van der Waals surface area contributed by atoms with Gasteiger partial charge in [0.15, 0.2) is 5.76 Å². The quantitative estimate of drug-likeness (QED) is 0.512. The van der Waals surface area contributed by atoms with Crippen LogP contribution in [0.2, 0.25) is 0 Å². The van der Waals surface area contributed by atoms with Crippen LogP contribution < -0.4 is 0 Å². The van der Waals surface area contributed by atoms with Gasteiger partial charge in [0.25, 0.3) is 0 Å². The third kappa shape index (κ3) is 1.97. The first kappa shape index (κ1) is 11.6. The fraction of sp³-hybridized carbons (Fsp3) is 0.286. The Morgan fingerprint density at radius 1 is 1.13 bits per heavy atom. The first-order valence-corrected chi connectivity index (χ1v) is 3.41. The molecule has 0 unspecified atom stereocenters. The minimum absolute atomic E-state index is 0.400. The van der Waals surface area contributed by atoms with E-state index in [-0.39, 0.29) is 0 Å². The van der Waals surface area contributed by atoms with Crippen LogP contribution in [-0.2, 0) is 9.53 Å². The normalized spacial score (nSPS) is 20.5. The summed E-state index contributed by atoms with van der Waals surface area (Å²) in [5.41, 5.74) is 0. The fourth-order valence-corrected chi connectivity index (χ4v) is 0.717. The Labute approximate surface area is 78.8 Å². The van der Waals surface area contributed by atoms with Crippen LogP contribution >= 0.6 is 0 Å². The molecule has 84 valence electrons. The van der Waals surface area contributed by atoms with Gasteiger partial charge in [-0.3, -0.25) is 0 Å². The second kappa shape index (κ2) is 3.28. The van der Waals surface area contributed by atoms with E-state index < -0.39 is 29.7 Å². The van der Waals surface area contributed by atoms with Crippen molar-refractivity contribution in [1.82, 2.24) is 0 Å². The number of cyclic esters (lactones) is 1. The largest absolute Gasteiger partial charge is 0.460 e. The molecule has 1 rings (SSSR count). The lowest BCUT2D eigenvalue weighted by molar-refractivity contribution is -0.271. The molecule has 0 spiro atoms. The smallest absolute Gasteiger partial charge is 0.420 e. The molecule has 0 saturated carbocycles. The van der Waals surface area contributed by atoms with Crippen molar-refractivity contribution in [3.8, 4) is 0 Å². The van der Waals surface area contributed by atoms with E-state index in [0.717, 1.165) is 0 Å². The van der Waals surface area contributed by atoms with E-state index in [9.17, 15) is 31.1 Å². The number of hydrogen-bond donors (Lipinski definition) is 0. The maximum Gasteiger partial charge on any atom is 0.460 e. The molecule has 0 atom stereocenters. The molecule has 0 aromatic rings. The fourth-order valence-electron chi connectivity index (χ4n) is 0.717. The van der Waals surface area contributed by atoms with E-state index >= 15 is 0 Å². The summed E-state index contributed by atoms with van der Waals surface area (Å²) in [7, 11) is 0. The summed E-state index contributed by atoms with van der Waals surface area (Å²) >= 11 is 0. The Kier molecular flexibility index (Phi) is 2.54. The van der Waals surface area contributed by atoms with Crippen molar-refractivity contribution in [1.29, 1.82) is 0 Å². The van der Waals surface area contributed by atoms with Crippen LogP contribution in [0, 0.1) is 0 Å². The molecular weight excluding hydrogens is 230 g/mol. The first-order valence-electron chi connectivity index (χ1n) is 3.41. The molecule has 0 fully saturated rings. The van der Waals surface area contributed by atoms with Crippen molar-refractivity contribution in [2.75, 3.05) is 0 Å². The van der Waals surface area contributed by atoms with Crippen LogP contribution in [0.5, 0.6) is 0 Å². The van der Waals surface area contributed by atoms with E-state index in [1.165, 1.54) is 0 Å². The monoisotopic (exact) mass is 232 g/mol. The summed E-state index contributed by atoms with van der Waals surface area (Å²) in [6.07, 6.45) is -5.15. The molecule has 15 heavy (non-hydrogen) atoms. The van der Waals surface area contributed by atoms with Crippen molar-refractivity contribution < 1.29 is 35.9 Å². The molecular formula is C7H2F6O2. The molecule has 0 saturated heterocycles. The van der Waals surface area contributed by atoms with Crippen LogP contribution in [-0.4, -0.2) is 18.1 Å². The Hall–Kier alpha value is -1.47. The van der Waals surface area contributed by atoms with E-state index in [1.807, 2.05) is 0 Å². The standard InChI is InChI=1S/C7H2F6O2/c8-5(3-1-2-4(14)15-3)6(9,10)7(11,12)13/h1-2H/b5-3+. The van der Waals surface area contributed by atoms with Gasteiger partial charge in [-0.05, 0) is 6.08 Å². The van der Waals surface area contributed by atoms with E-state index in [2.05, 4.69) is 4.74 Å². The lowest BCUT2D eigenvalue weighted by Gasteiger charge is -2.17. The molecule has 0 radical (unpaired) electrons. The number of carbonyl (C=O) groups is 1. The Bertz CT molecular complexity index is 351. The highest BCUT2D eigenvalue weighted by Crippen LogP contribution is 2.43. The van der Waals surface area contributed by atoms with Crippen molar-refractivity contribution >= 4 is 5.97 Å². The minimum atomic E-state index is -6.08. The molecule has 8 heteroatoms. The summed E-state index contributed by atoms with van der Waals surface area (Å²) in [5.74, 6) is -11.1. The zero-order valence-corrected chi connectivity index (χ0v) is 6.74. The average Bonchev–Trinajstić information content (AvgIpc) is 2.48. The molecule has 1 aliphatic rings. The second-order valence-corrected chi connectivity index (χ2v) is 2.50. The number of alkyl halides is 5. The zero-order chi connectivity index (χ0) is 11.9. The van der Waals surface area contributed by atoms with Crippen LogP contribution in [0.4, 0.5) is 26.3 Å². The van der Waals surface area contributed by atoms with Gasteiger partial charge in [0.05, 0.1) is 0 Å². The van der Waals surface area contributed by atoms with Crippen LogP contribution in [0.1, 0.15) is 0 Å². The predicted octanol–water partition coefficient (Wildman–Crippen LogP) is 2.48. The highest BCUT2D eigenvalue weighted by Gasteiger charge is 2.62. The topological polar surface area (TPSA) is 26.3 Å². The molecule has 0 amide bonds. The van der Waals surface area contributed by atoms with Gasteiger partial charge in [-0.15, -0.1) is 0 Å². The second-order valence-electron chi connectivity index (χ2n) is 2.50. The maximum atomic E-state index is 12.6. The number of rotatable bonds is 1. The molecule has 1 heterocycles. The molecule has 0 aliphatic carbocycles. The Morgan fingerprint density at radius 2 is 1.67 bits per heavy atom. The molecule has 0 aromatic heterocycles. The molecule has 0 N–H and O–H groups in total. The highest BCUT2D eigenvalue weighted by molar-refractivity contribution is 5.86. The molecule has 1 aliphatic heterocycles. The van der Waals surface area contributed by atoms with Crippen LogP contribution in [0.15, 0.2) is 23.7 Å². The van der Waals surface area contributed by atoms with E-state index in [0.29, 0.717) is 12.2 Å². The van der Waals surface area contributed by atoms with Crippen molar-refractivity contribution in [3.05, 3.63) is 23.7 Å². The number of carbonyl (C=O) groups excluding carboxylic acids is 1. The number of esters is 1. The number of allylic oxidation sites excluding steroid dienone is 2. The lowest BCUT2D eigenvalue weighted by Crippen LogP contribution is -2.37. The third-order valence-corrected chi connectivity index (χ3v) is 1.43. The zero-order valence-electron chi connectivity index (χ0n) is 6.74. The van der Waals surface area contributed by atoms with Gasteiger partial charge in [-0.25, -0.2) is 9.18 Å². The van der Waals surface area contributed by atoms with Gasteiger partial charge >= 0.3 is 18.1 Å². The predicted molar refractivity (Wildman–Crippen MR) is 34.4 cm³/mol. The van der Waals surface area contributed by atoms with Gasteiger partial charge in [0.2, 0.25) is 5.83 Å². The number of halogens is 6. The Morgan fingerprint density at radius 3 is 2.00 bits per heavy atom. The summed E-state index contributed by atoms with van der Waals surface area (Å²) in [4.78, 5) is 10.3. The lowest BCUT2D eigenvalue weighted by atomic mass is 10.2. The van der Waals surface area contributed by atoms with Gasteiger partial charge < -0.3 is 4.74 Å². The molecule has 0 bridgehead atoms. The summed E-state index contributed by atoms with van der Waals surface area (Å²) in [5, 5.41) is 0. The van der Waals surface area contributed by atoms with Crippen molar-refractivity contribution in [2.45, 2.75) is 12.1 Å². The summed E-state index contributed by atoms with van der Waals surface area (Å²) in [6, 6.07) is 0. The third-order valence-electron chi connectivity index (χ3n) is 1.43. The summed E-state index contributed by atoms with van der Waals surface area (Å²) in [6.45, 7) is 0. The number of ether oxygens (including phenoxy) is 1. The summed E-state index contributed by atoms with van der Waals surface area (Å²) < 4.78 is 76.0. The molecule has 0 aromatic carbocycles. The Balaban J connectivity index is 3.09. The van der Waals surface area contributed by atoms with Crippen LogP contribution in [0.3, 0.4) is 0 Å². The van der Waals surface area contributed by atoms with Crippen LogP contribution in [0.25, 0.3) is 0 Å². The van der Waals surface area contributed by atoms with Gasteiger partial charge in [0.1, 0.15) is 0 Å². The minimum Gasteiger partial charge on any atom is -0.420 e. The van der Waals surface area contributed by atoms with Crippen molar-refractivity contribution in [3.63, 3.8) is 0 Å². The number of hydrogen-bond acceptors (Lipinski definition) is 2. The highest BCUT2D eigenvalue weighted by atomic mass is 19.4. The maximum absolute atomic E-state index is 12.6. The SMILES string of the molecule is O=C1C=C/C(=C(\F)C(F)(F)C(F)(F)F)O1.